The molecular formula is C36H53F2N5. The smallest absolute Gasteiger partial charge is 0.159 e. The highest BCUT2D eigenvalue weighted by Crippen LogP contribution is 2.27. The van der Waals surface area contributed by atoms with Gasteiger partial charge < -0.3 is 25.3 Å². The van der Waals surface area contributed by atoms with E-state index in [0.29, 0.717) is 12.1 Å². The minimum atomic E-state index is -0.827. The number of halogens is 2. The fourth-order valence-electron chi connectivity index (χ4n) is 4.31. The molecule has 1 fully saturated rings. The van der Waals surface area contributed by atoms with E-state index in [1.807, 2.05) is 37.3 Å². The number of benzene rings is 2. The average molecular weight is 594 g/mol. The van der Waals surface area contributed by atoms with E-state index in [1.165, 1.54) is 43.2 Å². The molecule has 2 N–H and O–H groups in total. The van der Waals surface area contributed by atoms with Crippen LogP contribution < -0.4 is 15.5 Å². The van der Waals surface area contributed by atoms with Crippen LogP contribution in [0.15, 0.2) is 98.4 Å². The first-order valence-electron chi connectivity index (χ1n) is 15.0. The lowest BCUT2D eigenvalue weighted by Crippen LogP contribution is -2.17. The number of nitrogens with zero attached hydrogens (tertiary/aromatic N) is 3. The van der Waals surface area contributed by atoms with E-state index in [0.717, 1.165) is 43.3 Å². The van der Waals surface area contributed by atoms with Crippen LogP contribution in [0.4, 0.5) is 20.2 Å². The van der Waals surface area contributed by atoms with Crippen molar-refractivity contribution in [1.82, 2.24) is 15.1 Å². The predicted octanol–water partition coefficient (Wildman–Crippen LogP) is 7.77. The van der Waals surface area contributed by atoms with Crippen LogP contribution in [-0.2, 0) is 13.0 Å². The van der Waals surface area contributed by atoms with Crippen molar-refractivity contribution >= 4 is 11.4 Å². The van der Waals surface area contributed by atoms with Crippen LogP contribution in [0.1, 0.15) is 37.3 Å². The Morgan fingerprint density at radius 2 is 1.65 bits per heavy atom. The molecule has 0 amide bonds. The molecule has 3 rings (SSSR count). The standard InChI is InChI=1S/C16H17F2N.C15H25N3.C5H11N/c1-4-13(5-2)7-6-10-19(3)12-14-8-9-15(17)16(18)11-14;1-5-17-14-12-13(8-7-11-16-3)9-10-15(14)18(4)6-2;1-6-4-2-3-5-6/h4-11H,1-2,12H2,3H3;5,9-10,12,16-17H,1,6-8,11H2,2-4H3;2-5H2,1H3/b10-6-;;. The quantitative estimate of drug-likeness (QED) is 0.173. The summed E-state index contributed by atoms with van der Waals surface area (Å²) in [5.74, 6) is -1.65. The van der Waals surface area contributed by atoms with Gasteiger partial charge in [-0.2, -0.15) is 0 Å². The number of hydrogen-bond acceptors (Lipinski definition) is 5. The van der Waals surface area contributed by atoms with Crippen LogP contribution in [0, 0.1) is 11.6 Å². The number of aryl methyl sites for hydroxylation is 1. The van der Waals surface area contributed by atoms with Crippen LogP contribution in [0.2, 0.25) is 0 Å². The third kappa shape index (κ3) is 15.4. The average Bonchev–Trinajstić information content (AvgIpc) is 3.49. The molecule has 0 spiro atoms. The van der Waals surface area contributed by atoms with E-state index in [2.05, 4.69) is 79.4 Å². The van der Waals surface area contributed by atoms with Gasteiger partial charge in [0.05, 0.1) is 11.4 Å². The number of anilines is 2. The normalized spacial score (nSPS) is 12.3. The van der Waals surface area contributed by atoms with Crippen LogP contribution in [0.25, 0.3) is 0 Å². The Kier molecular flexibility index (Phi) is 19.1. The van der Waals surface area contributed by atoms with Gasteiger partial charge in [0.2, 0.25) is 0 Å². The second-order valence-corrected chi connectivity index (χ2v) is 10.5. The Hall–Kier alpha value is -3.68. The van der Waals surface area contributed by atoms with Gasteiger partial charge in [-0.25, -0.2) is 8.78 Å². The Morgan fingerprint density at radius 3 is 2.19 bits per heavy atom. The van der Waals surface area contributed by atoms with Gasteiger partial charge in [-0.3, -0.25) is 0 Å². The first kappa shape index (κ1) is 37.3. The zero-order valence-corrected chi connectivity index (χ0v) is 27.0. The van der Waals surface area contributed by atoms with Gasteiger partial charge in [0, 0.05) is 27.2 Å². The van der Waals surface area contributed by atoms with Gasteiger partial charge in [-0.05, 0) is 126 Å². The predicted molar refractivity (Wildman–Crippen MR) is 184 cm³/mol. The van der Waals surface area contributed by atoms with Crippen molar-refractivity contribution in [2.45, 2.75) is 39.2 Å². The van der Waals surface area contributed by atoms with Crippen molar-refractivity contribution < 1.29 is 8.78 Å². The summed E-state index contributed by atoms with van der Waals surface area (Å²) in [4.78, 5) is 6.45. The van der Waals surface area contributed by atoms with E-state index >= 15 is 0 Å². The summed E-state index contributed by atoms with van der Waals surface area (Å²) in [6.45, 7) is 18.4. The molecule has 0 unspecified atom stereocenters. The number of nitrogens with one attached hydrogen (secondary N) is 2. The van der Waals surface area contributed by atoms with E-state index in [9.17, 15) is 8.78 Å². The molecule has 0 saturated carbocycles. The Morgan fingerprint density at radius 1 is 0.977 bits per heavy atom. The highest BCUT2D eigenvalue weighted by atomic mass is 19.2. The van der Waals surface area contributed by atoms with E-state index in [4.69, 9.17) is 0 Å². The molecule has 5 nitrogen and oxygen atoms in total. The van der Waals surface area contributed by atoms with Crippen LogP contribution >= 0.6 is 0 Å². The van der Waals surface area contributed by atoms with Gasteiger partial charge >= 0.3 is 0 Å². The lowest BCUT2D eigenvalue weighted by molar-refractivity contribution is 0.418. The fraction of sp³-hybridized carbons (Fsp3) is 0.389. The monoisotopic (exact) mass is 593 g/mol. The van der Waals surface area contributed by atoms with Crippen molar-refractivity contribution in [3.05, 3.63) is 121 Å². The minimum absolute atomic E-state index is 0.499. The van der Waals surface area contributed by atoms with E-state index < -0.39 is 11.6 Å². The molecule has 1 heterocycles. The van der Waals surface area contributed by atoms with Gasteiger partial charge in [0.25, 0.3) is 0 Å². The number of rotatable bonds is 14. The molecule has 7 heteroatoms. The third-order valence-electron chi connectivity index (χ3n) is 6.94. The SMILES string of the molecule is C=CC(C=C)=C/C=C\N(C)Cc1ccc(F)c(F)c1.C=CNc1cc(CCCNC)ccc1N(C)CC.CN1CCCC1. The summed E-state index contributed by atoms with van der Waals surface area (Å²) in [7, 11) is 8.12. The van der Waals surface area contributed by atoms with Crippen molar-refractivity contribution in [1.29, 1.82) is 0 Å². The van der Waals surface area contributed by atoms with Crippen molar-refractivity contribution in [3.63, 3.8) is 0 Å². The van der Waals surface area contributed by atoms with Crippen LogP contribution in [0.3, 0.4) is 0 Å². The molecule has 1 saturated heterocycles. The summed E-state index contributed by atoms with van der Waals surface area (Å²) in [5, 5.41) is 6.41. The first-order chi connectivity index (χ1) is 20.7. The number of allylic oxidation sites excluding steroid dienone is 5. The molecule has 236 valence electrons. The summed E-state index contributed by atoms with van der Waals surface area (Å²) in [5.41, 5.74) is 5.34. The highest BCUT2D eigenvalue weighted by molar-refractivity contribution is 5.71. The Balaban J connectivity index is 0.000000360. The molecule has 2 aromatic rings. The summed E-state index contributed by atoms with van der Waals surface area (Å²) in [6.07, 6.45) is 15.8. The maximum atomic E-state index is 13.0. The van der Waals surface area contributed by atoms with Gasteiger partial charge in [-0.15, -0.1) is 0 Å². The summed E-state index contributed by atoms with van der Waals surface area (Å²) >= 11 is 0. The molecule has 1 aliphatic rings. The van der Waals surface area contributed by atoms with Crippen molar-refractivity contribution in [2.75, 3.05) is 64.6 Å². The maximum Gasteiger partial charge on any atom is 0.159 e. The van der Waals surface area contributed by atoms with E-state index in [-0.39, 0.29) is 0 Å². The Bertz CT molecular complexity index is 1160. The van der Waals surface area contributed by atoms with Crippen molar-refractivity contribution in [3.8, 4) is 0 Å². The van der Waals surface area contributed by atoms with Crippen LogP contribution in [-0.4, -0.2) is 64.2 Å². The first-order valence-corrected chi connectivity index (χ1v) is 15.0. The lowest BCUT2D eigenvalue weighted by atomic mass is 10.1. The number of likely N-dealkylation sites (tertiary alicyclic amines) is 1. The largest absolute Gasteiger partial charge is 0.376 e. The molecule has 0 radical (unpaired) electrons. The highest BCUT2D eigenvalue weighted by Gasteiger charge is 2.07. The van der Waals surface area contributed by atoms with Crippen molar-refractivity contribution in [2.24, 2.45) is 0 Å². The zero-order valence-electron chi connectivity index (χ0n) is 27.0. The molecule has 0 aliphatic carbocycles. The molecule has 0 bridgehead atoms. The molecule has 0 atom stereocenters. The third-order valence-corrected chi connectivity index (χ3v) is 6.94. The molecule has 43 heavy (non-hydrogen) atoms. The van der Waals surface area contributed by atoms with Crippen LogP contribution in [0.5, 0.6) is 0 Å². The molecular weight excluding hydrogens is 540 g/mol. The zero-order chi connectivity index (χ0) is 32.0. The number of hydrogen-bond donors (Lipinski definition) is 2. The maximum absolute atomic E-state index is 13.0. The topological polar surface area (TPSA) is 33.8 Å². The molecule has 2 aromatic carbocycles. The van der Waals surface area contributed by atoms with E-state index in [1.54, 1.807) is 24.4 Å². The van der Waals surface area contributed by atoms with Gasteiger partial charge in [0.15, 0.2) is 11.6 Å². The summed E-state index contributed by atoms with van der Waals surface area (Å²) in [6, 6.07) is 10.5. The molecule has 0 aromatic heterocycles. The fourth-order valence-corrected chi connectivity index (χ4v) is 4.31. The minimum Gasteiger partial charge on any atom is -0.376 e. The van der Waals surface area contributed by atoms with Gasteiger partial charge in [-0.1, -0.05) is 50.1 Å². The summed E-state index contributed by atoms with van der Waals surface area (Å²) < 4.78 is 25.8. The second-order valence-electron chi connectivity index (χ2n) is 10.5. The van der Waals surface area contributed by atoms with Gasteiger partial charge in [0.1, 0.15) is 0 Å². The Labute approximate surface area is 260 Å². The lowest BCUT2D eigenvalue weighted by Gasteiger charge is -2.21. The second kappa shape index (κ2) is 21.9. The molecule has 1 aliphatic heterocycles.